The first-order valence-electron chi connectivity index (χ1n) is 2.27. The maximum Gasteiger partial charge on any atom is 0.222 e. The van der Waals surface area contributed by atoms with Crippen molar-refractivity contribution < 1.29 is 4.79 Å². The van der Waals surface area contributed by atoms with Gasteiger partial charge < -0.3 is 5.32 Å². The molecule has 47 valence electrons. The lowest BCUT2D eigenvalue weighted by Crippen LogP contribution is -2.05. The zero-order chi connectivity index (χ0) is 6.69. The third-order valence-electron chi connectivity index (χ3n) is 0.619. The van der Waals surface area contributed by atoms with Gasteiger partial charge in [-0.25, -0.2) is 0 Å². The fourth-order valence-electron chi connectivity index (χ4n) is 0.363. The molecule has 1 heterocycles. The molecule has 9 heavy (non-hydrogen) atoms. The summed E-state index contributed by atoms with van der Waals surface area (Å²) in [4.78, 5) is 10.3. The Kier molecular flexibility index (Phi) is 1.74. The Hall–Kier alpha value is -0.970. The van der Waals surface area contributed by atoms with Crippen LogP contribution in [-0.4, -0.2) is 14.7 Å². The molecule has 0 aromatic carbocycles. The minimum Gasteiger partial charge on any atom is -0.308 e. The van der Waals surface area contributed by atoms with Crippen LogP contribution in [0.4, 0.5) is 5.82 Å². The van der Waals surface area contributed by atoms with E-state index in [1.807, 2.05) is 0 Å². The number of hydrogen-bond donors (Lipinski definition) is 1. The number of carbonyl (C=O) groups is 1. The highest BCUT2D eigenvalue weighted by molar-refractivity contribution is 6.99. The lowest BCUT2D eigenvalue weighted by molar-refractivity contribution is -0.114. The Morgan fingerprint density at radius 2 is 2.67 bits per heavy atom. The van der Waals surface area contributed by atoms with Crippen molar-refractivity contribution in [2.45, 2.75) is 6.92 Å². The normalized spacial score (nSPS) is 9.00. The second-order valence-electron chi connectivity index (χ2n) is 1.41. The van der Waals surface area contributed by atoms with Crippen molar-refractivity contribution in [3.8, 4) is 0 Å². The van der Waals surface area contributed by atoms with E-state index in [0.29, 0.717) is 5.82 Å². The van der Waals surface area contributed by atoms with E-state index in [1.165, 1.54) is 6.92 Å². The molecule has 4 nitrogen and oxygen atoms in total. The molecule has 1 aromatic rings. The Morgan fingerprint density at radius 1 is 1.89 bits per heavy atom. The van der Waals surface area contributed by atoms with Crippen molar-refractivity contribution in [2.24, 2.45) is 0 Å². The summed E-state index contributed by atoms with van der Waals surface area (Å²) in [5.74, 6) is 0.242. The molecule has 0 atom stereocenters. The average Bonchev–Trinajstić information content (AvgIpc) is 2.15. The summed E-state index contributed by atoms with van der Waals surface area (Å²) in [6.45, 7) is 1.41. The molecule has 5 heteroatoms. The number of hydrogen-bond acceptors (Lipinski definition) is 4. The fourth-order valence-corrected chi connectivity index (χ4v) is 0.699. The number of carbonyl (C=O) groups excluding carboxylic acids is 1. The molecule has 1 N–H and O–H groups in total. The number of nitrogens with one attached hydrogen (secondary N) is 1. The van der Waals surface area contributed by atoms with Gasteiger partial charge in [0.2, 0.25) is 5.91 Å². The van der Waals surface area contributed by atoms with Gasteiger partial charge in [-0.15, -0.1) is 0 Å². The van der Waals surface area contributed by atoms with Crippen LogP contribution in [-0.2, 0) is 4.79 Å². The smallest absolute Gasteiger partial charge is 0.222 e. The van der Waals surface area contributed by atoms with Gasteiger partial charge in [0.15, 0.2) is 12.0 Å². The molecule has 0 saturated heterocycles. The van der Waals surface area contributed by atoms with Gasteiger partial charge in [0.25, 0.3) is 0 Å². The lowest BCUT2D eigenvalue weighted by atomic mass is 10.6. The van der Waals surface area contributed by atoms with E-state index < -0.39 is 0 Å². The molecule has 0 aliphatic carbocycles. The molecular weight excluding hydrogens is 138 g/mol. The van der Waals surface area contributed by atoms with E-state index >= 15 is 0 Å². The summed E-state index contributed by atoms with van der Waals surface area (Å²) in [6, 6.07) is 0. The van der Waals surface area contributed by atoms with Crippen molar-refractivity contribution in [1.82, 2.24) is 8.75 Å². The number of amides is 1. The standard InChI is InChI=1S/C4H4N3OS/c1-3(8)6-4-2-5-9-7-4/h1H3,(H,6,7,8). The van der Waals surface area contributed by atoms with Crippen LogP contribution in [0, 0.1) is 6.20 Å². The van der Waals surface area contributed by atoms with E-state index in [4.69, 9.17) is 0 Å². The SMILES string of the molecule is CC(=O)Nc1[c]nsn1. The van der Waals surface area contributed by atoms with Crippen LogP contribution in [0.15, 0.2) is 0 Å². The van der Waals surface area contributed by atoms with Crippen LogP contribution in [0.5, 0.6) is 0 Å². The second kappa shape index (κ2) is 2.54. The summed E-state index contributed by atoms with van der Waals surface area (Å²) >= 11 is 1.01. The monoisotopic (exact) mass is 142 g/mol. The van der Waals surface area contributed by atoms with Gasteiger partial charge in [0, 0.05) is 6.92 Å². The first kappa shape index (κ1) is 6.15. The van der Waals surface area contributed by atoms with Crippen LogP contribution in [0.3, 0.4) is 0 Å². The molecule has 0 aliphatic rings. The summed E-state index contributed by atoms with van der Waals surface area (Å²) in [7, 11) is 0. The molecule has 0 unspecified atom stereocenters. The van der Waals surface area contributed by atoms with Crippen molar-refractivity contribution in [1.29, 1.82) is 0 Å². The highest BCUT2D eigenvalue weighted by atomic mass is 32.1. The number of rotatable bonds is 1. The molecule has 0 spiro atoms. The Labute approximate surface area is 56.2 Å². The van der Waals surface area contributed by atoms with E-state index in [-0.39, 0.29) is 5.91 Å². The van der Waals surface area contributed by atoms with E-state index in [9.17, 15) is 4.79 Å². The Morgan fingerprint density at radius 3 is 3.11 bits per heavy atom. The van der Waals surface area contributed by atoms with Gasteiger partial charge in [-0.3, -0.25) is 4.79 Å². The van der Waals surface area contributed by atoms with Crippen molar-refractivity contribution >= 4 is 23.5 Å². The summed E-state index contributed by atoms with van der Waals surface area (Å²) in [5, 5.41) is 2.43. The van der Waals surface area contributed by atoms with Gasteiger partial charge in [-0.05, 0) is 0 Å². The predicted octanol–water partition coefficient (Wildman–Crippen LogP) is 0.297. The zero-order valence-corrected chi connectivity index (χ0v) is 5.53. The molecule has 1 rings (SSSR count). The van der Waals surface area contributed by atoms with E-state index in [2.05, 4.69) is 20.3 Å². The average molecular weight is 142 g/mol. The highest BCUT2D eigenvalue weighted by Crippen LogP contribution is 1.98. The minimum atomic E-state index is -0.154. The first-order valence-corrected chi connectivity index (χ1v) is 3.00. The summed E-state index contributed by atoms with van der Waals surface area (Å²) in [5.41, 5.74) is 0. The van der Waals surface area contributed by atoms with E-state index in [1.54, 1.807) is 0 Å². The topological polar surface area (TPSA) is 54.9 Å². The zero-order valence-electron chi connectivity index (χ0n) is 4.71. The molecule has 0 saturated carbocycles. The molecule has 1 aromatic heterocycles. The highest BCUT2D eigenvalue weighted by Gasteiger charge is 1.95. The lowest BCUT2D eigenvalue weighted by Gasteiger charge is -1.89. The van der Waals surface area contributed by atoms with Gasteiger partial charge in [-0.1, -0.05) is 0 Å². The minimum absolute atomic E-state index is 0.154. The van der Waals surface area contributed by atoms with Crippen LogP contribution in [0.2, 0.25) is 0 Å². The van der Waals surface area contributed by atoms with Crippen molar-refractivity contribution in [3.63, 3.8) is 0 Å². The summed E-state index contributed by atoms with van der Waals surface area (Å²) in [6.07, 6.45) is 2.49. The molecule has 0 fully saturated rings. The third-order valence-corrected chi connectivity index (χ3v) is 1.06. The first-order chi connectivity index (χ1) is 4.29. The maximum absolute atomic E-state index is 10.3. The Balaban J connectivity index is 2.58. The molecule has 0 bridgehead atoms. The van der Waals surface area contributed by atoms with Gasteiger partial charge in [0.1, 0.15) is 0 Å². The fraction of sp³-hybridized carbons (Fsp3) is 0.250. The molecule has 1 amide bonds. The number of anilines is 1. The van der Waals surface area contributed by atoms with Crippen LogP contribution in [0.25, 0.3) is 0 Å². The van der Waals surface area contributed by atoms with Crippen molar-refractivity contribution in [3.05, 3.63) is 6.20 Å². The van der Waals surface area contributed by atoms with Crippen LogP contribution >= 0.6 is 11.7 Å². The van der Waals surface area contributed by atoms with Gasteiger partial charge in [-0.2, -0.15) is 8.75 Å². The van der Waals surface area contributed by atoms with Gasteiger partial charge >= 0.3 is 0 Å². The predicted molar refractivity (Wildman–Crippen MR) is 33.0 cm³/mol. The number of aromatic nitrogens is 2. The molecular formula is C4H4N3OS. The largest absolute Gasteiger partial charge is 0.308 e. The number of nitrogens with zero attached hydrogens (tertiary/aromatic N) is 2. The van der Waals surface area contributed by atoms with Crippen LogP contribution < -0.4 is 5.32 Å². The molecule has 0 aliphatic heterocycles. The van der Waals surface area contributed by atoms with Crippen LogP contribution in [0.1, 0.15) is 6.92 Å². The second-order valence-corrected chi connectivity index (χ2v) is 1.93. The maximum atomic E-state index is 10.3. The van der Waals surface area contributed by atoms with E-state index in [0.717, 1.165) is 11.7 Å². The quantitative estimate of drug-likeness (QED) is 0.613. The van der Waals surface area contributed by atoms with Crippen molar-refractivity contribution in [2.75, 3.05) is 5.32 Å². The van der Waals surface area contributed by atoms with Gasteiger partial charge in [0.05, 0.1) is 11.7 Å². The third kappa shape index (κ3) is 1.77. The Bertz CT molecular complexity index is 196. The molecule has 1 radical (unpaired) electrons. The summed E-state index contributed by atoms with van der Waals surface area (Å²) < 4.78 is 7.27.